The molecule has 0 bridgehead atoms. The van der Waals surface area contributed by atoms with Crippen molar-refractivity contribution in [3.63, 3.8) is 0 Å². The molecule has 0 unspecified atom stereocenters. The van der Waals surface area contributed by atoms with Crippen LogP contribution in [0.1, 0.15) is 42.2 Å². The molecule has 0 atom stereocenters. The maximum absolute atomic E-state index is 11.3. The molecule has 1 heterocycles. The lowest BCUT2D eigenvalue weighted by Crippen LogP contribution is -2.30. The minimum Gasteiger partial charge on any atom is -0.298 e. The number of hydrogen-bond donors (Lipinski definition) is 2. The maximum atomic E-state index is 11.3. The SMILES string of the molecule is CCCCN(CC)Cc1csc(C(=O)NN)n1. The summed E-state index contributed by atoms with van der Waals surface area (Å²) in [5, 5.41) is 2.34. The predicted molar refractivity (Wildman–Crippen MR) is 69.6 cm³/mol. The third kappa shape index (κ3) is 4.41. The van der Waals surface area contributed by atoms with Gasteiger partial charge in [-0.2, -0.15) is 0 Å². The van der Waals surface area contributed by atoms with Crippen LogP contribution in [-0.2, 0) is 6.54 Å². The summed E-state index contributed by atoms with van der Waals surface area (Å²) >= 11 is 1.33. The summed E-state index contributed by atoms with van der Waals surface area (Å²) in [5.74, 6) is 4.74. The minimum atomic E-state index is -0.321. The van der Waals surface area contributed by atoms with Crippen LogP contribution in [0.5, 0.6) is 0 Å². The molecule has 0 radical (unpaired) electrons. The van der Waals surface area contributed by atoms with Crippen molar-refractivity contribution >= 4 is 17.2 Å². The van der Waals surface area contributed by atoms with Crippen LogP contribution < -0.4 is 11.3 Å². The molecule has 5 nitrogen and oxygen atoms in total. The van der Waals surface area contributed by atoms with Crippen molar-refractivity contribution in [3.8, 4) is 0 Å². The molecular weight excluding hydrogens is 236 g/mol. The number of nitrogens with zero attached hydrogens (tertiary/aromatic N) is 2. The Morgan fingerprint density at radius 1 is 1.59 bits per heavy atom. The zero-order chi connectivity index (χ0) is 12.7. The molecule has 96 valence electrons. The molecule has 0 aromatic carbocycles. The number of hydrazine groups is 1. The fraction of sp³-hybridized carbons (Fsp3) is 0.636. The van der Waals surface area contributed by atoms with Crippen LogP contribution in [0.25, 0.3) is 0 Å². The van der Waals surface area contributed by atoms with Gasteiger partial charge in [-0.25, -0.2) is 10.8 Å². The van der Waals surface area contributed by atoms with E-state index in [0.717, 1.165) is 25.3 Å². The van der Waals surface area contributed by atoms with Crippen LogP contribution in [0, 0.1) is 0 Å². The van der Waals surface area contributed by atoms with Gasteiger partial charge < -0.3 is 0 Å². The standard InChI is InChI=1S/C11H20N4OS/c1-3-5-6-15(4-2)7-9-8-17-11(13-9)10(16)14-12/h8H,3-7,12H2,1-2H3,(H,14,16). The van der Waals surface area contributed by atoms with Crippen molar-refractivity contribution in [2.24, 2.45) is 5.84 Å². The van der Waals surface area contributed by atoms with Gasteiger partial charge in [0, 0.05) is 11.9 Å². The van der Waals surface area contributed by atoms with Crippen molar-refractivity contribution < 1.29 is 4.79 Å². The average molecular weight is 256 g/mol. The second-order valence-corrected chi connectivity index (χ2v) is 4.70. The summed E-state index contributed by atoms with van der Waals surface area (Å²) in [6, 6.07) is 0. The lowest BCUT2D eigenvalue weighted by Gasteiger charge is -2.18. The second-order valence-electron chi connectivity index (χ2n) is 3.84. The van der Waals surface area contributed by atoms with Crippen LogP contribution >= 0.6 is 11.3 Å². The highest BCUT2D eigenvalue weighted by molar-refractivity contribution is 7.11. The Kier molecular flexibility index (Phi) is 6.10. The number of carbonyl (C=O) groups is 1. The molecule has 1 aromatic heterocycles. The highest BCUT2D eigenvalue weighted by Gasteiger charge is 2.11. The average Bonchev–Trinajstić information content (AvgIpc) is 2.81. The minimum absolute atomic E-state index is 0.321. The molecule has 3 N–H and O–H groups in total. The Balaban J connectivity index is 2.54. The van der Waals surface area contributed by atoms with Gasteiger partial charge in [0.1, 0.15) is 0 Å². The number of aromatic nitrogens is 1. The quantitative estimate of drug-likeness (QED) is 0.439. The molecule has 1 rings (SSSR count). The van der Waals surface area contributed by atoms with Crippen molar-refractivity contribution in [3.05, 3.63) is 16.1 Å². The fourth-order valence-electron chi connectivity index (χ4n) is 1.51. The molecule has 0 aliphatic heterocycles. The molecule has 0 saturated heterocycles. The van der Waals surface area contributed by atoms with Crippen molar-refractivity contribution in [2.75, 3.05) is 13.1 Å². The van der Waals surface area contributed by atoms with E-state index in [4.69, 9.17) is 5.84 Å². The first-order valence-corrected chi connectivity index (χ1v) is 6.76. The number of carbonyl (C=O) groups excluding carboxylic acids is 1. The zero-order valence-corrected chi connectivity index (χ0v) is 11.2. The third-order valence-electron chi connectivity index (χ3n) is 2.54. The van der Waals surface area contributed by atoms with E-state index in [1.807, 2.05) is 5.38 Å². The fourth-order valence-corrected chi connectivity index (χ4v) is 2.22. The van der Waals surface area contributed by atoms with Gasteiger partial charge in [0.25, 0.3) is 5.91 Å². The van der Waals surface area contributed by atoms with Gasteiger partial charge in [-0.15, -0.1) is 11.3 Å². The van der Waals surface area contributed by atoms with E-state index < -0.39 is 0 Å². The molecule has 17 heavy (non-hydrogen) atoms. The van der Waals surface area contributed by atoms with E-state index in [0.29, 0.717) is 5.01 Å². The van der Waals surface area contributed by atoms with Gasteiger partial charge in [0.2, 0.25) is 0 Å². The Morgan fingerprint density at radius 3 is 2.94 bits per heavy atom. The predicted octanol–water partition coefficient (Wildman–Crippen LogP) is 1.37. The molecule has 0 fully saturated rings. The summed E-state index contributed by atoms with van der Waals surface area (Å²) in [5.41, 5.74) is 3.03. The van der Waals surface area contributed by atoms with Crippen LogP contribution in [0.2, 0.25) is 0 Å². The smallest absolute Gasteiger partial charge is 0.294 e. The van der Waals surface area contributed by atoms with Gasteiger partial charge in [-0.05, 0) is 19.5 Å². The molecule has 1 amide bonds. The number of hydrogen-bond acceptors (Lipinski definition) is 5. The summed E-state index contributed by atoms with van der Waals surface area (Å²) in [4.78, 5) is 17.8. The number of thiazole rings is 1. The van der Waals surface area contributed by atoms with E-state index in [2.05, 4.69) is 29.2 Å². The normalized spacial score (nSPS) is 10.8. The van der Waals surface area contributed by atoms with E-state index in [1.54, 1.807) is 0 Å². The number of rotatable bonds is 7. The summed E-state index contributed by atoms with van der Waals surface area (Å²) in [6.45, 7) is 7.18. The van der Waals surface area contributed by atoms with E-state index in [9.17, 15) is 4.79 Å². The van der Waals surface area contributed by atoms with E-state index in [1.165, 1.54) is 24.2 Å². The summed E-state index contributed by atoms with van der Waals surface area (Å²) in [6.07, 6.45) is 2.38. The van der Waals surface area contributed by atoms with Crippen LogP contribution in [0.4, 0.5) is 0 Å². The van der Waals surface area contributed by atoms with E-state index in [-0.39, 0.29) is 5.91 Å². The van der Waals surface area contributed by atoms with Gasteiger partial charge in [0.15, 0.2) is 5.01 Å². The van der Waals surface area contributed by atoms with Crippen molar-refractivity contribution in [1.82, 2.24) is 15.3 Å². The van der Waals surface area contributed by atoms with Crippen LogP contribution in [-0.4, -0.2) is 28.9 Å². The zero-order valence-electron chi connectivity index (χ0n) is 10.4. The van der Waals surface area contributed by atoms with Crippen molar-refractivity contribution in [2.45, 2.75) is 33.2 Å². The largest absolute Gasteiger partial charge is 0.298 e. The summed E-state index contributed by atoms with van der Waals surface area (Å²) in [7, 11) is 0. The highest BCUT2D eigenvalue weighted by atomic mass is 32.1. The molecule has 1 aromatic rings. The van der Waals surface area contributed by atoms with Crippen LogP contribution in [0.15, 0.2) is 5.38 Å². The molecule has 0 aliphatic rings. The highest BCUT2D eigenvalue weighted by Crippen LogP contribution is 2.12. The van der Waals surface area contributed by atoms with Crippen LogP contribution in [0.3, 0.4) is 0 Å². The number of amides is 1. The molecule has 0 saturated carbocycles. The monoisotopic (exact) mass is 256 g/mol. The first-order chi connectivity index (χ1) is 8.21. The first-order valence-electron chi connectivity index (χ1n) is 5.88. The third-order valence-corrected chi connectivity index (χ3v) is 3.43. The number of unbranched alkanes of at least 4 members (excludes halogenated alkanes) is 1. The second kappa shape index (κ2) is 7.37. The number of nitrogens with two attached hydrogens (primary N) is 1. The Labute approximate surface area is 106 Å². The molecule has 6 heteroatoms. The van der Waals surface area contributed by atoms with Crippen molar-refractivity contribution in [1.29, 1.82) is 0 Å². The van der Waals surface area contributed by atoms with Gasteiger partial charge in [-0.3, -0.25) is 15.1 Å². The Hall–Kier alpha value is -0.980. The van der Waals surface area contributed by atoms with Gasteiger partial charge in [0.05, 0.1) is 5.69 Å². The summed E-state index contributed by atoms with van der Waals surface area (Å²) < 4.78 is 0. The lowest BCUT2D eigenvalue weighted by molar-refractivity contribution is 0.0953. The Morgan fingerprint density at radius 2 is 2.35 bits per heavy atom. The van der Waals surface area contributed by atoms with E-state index >= 15 is 0 Å². The van der Waals surface area contributed by atoms with Gasteiger partial charge in [-0.1, -0.05) is 20.3 Å². The lowest BCUT2D eigenvalue weighted by atomic mass is 10.3. The molecule has 0 aliphatic carbocycles. The number of nitrogens with one attached hydrogen (secondary N) is 1. The molecular formula is C11H20N4OS. The maximum Gasteiger partial charge on any atom is 0.294 e. The topological polar surface area (TPSA) is 71.2 Å². The number of nitrogen functional groups attached to an aromatic ring is 1. The van der Waals surface area contributed by atoms with Gasteiger partial charge >= 0.3 is 0 Å². The first kappa shape index (κ1) is 14.1. The Bertz CT molecular complexity index is 353. The molecule has 0 spiro atoms.